The van der Waals surface area contributed by atoms with Crippen molar-refractivity contribution in [2.24, 2.45) is 5.92 Å². The Morgan fingerprint density at radius 1 is 1.19 bits per heavy atom. The van der Waals surface area contributed by atoms with Gasteiger partial charge in [0.25, 0.3) is 0 Å². The van der Waals surface area contributed by atoms with E-state index in [-0.39, 0.29) is 36.5 Å². The first-order chi connectivity index (χ1) is 12.8. The summed E-state index contributed by atoms with van der Waals surface area (Å²) in [4.78, 5) is 14.6. The van der Waals surface area contributed by atoms with Crippen LogP contribution in [0.25, 0.3) is 0 Å². The second kappa shape index (κ2) is 8.17. The van der Waals surface area contributed by atoms with Gasteiger partial charge in [-0.3, -0.25) is 4.90 Å². The number of rotatable bonds is 5. The molecule has 0 bridgehead atoms. The van der Waals surface area contributed by atoms with Gasteiger partial charge >= 0.3 is 6.09 Å². The summed E-state index contributed by atoms with van der Waals surface area (Å²) in [5, 5.41) is 0. The molecule has 1 aromatic carbocycles. The minimum absolute atomic E-state index is 0.0115. The Kier molecular flexibility index (Phi) is 6.08. The molecule has 6 heteroatoms. The molecule has 0 spiro atoms. The Bertz CT molecular complexity index is 627. The summed E-state index contributed by atoms with van der Waals surface area (Å²) in [5.74, 6) is -0.0244. The van der Waals surface area contributed by atoms with Crippen LogP contribution >= 0.6 is 0 Å². The standard InChI is InChI=1S/C21H31NO5/c1-14(2)22(20(23)27-21(3,4)5)16-12-25-19-18(16)17(13-26-19)24-11-15-9-7-6-8-10-15/h6-10,14,16-19H,11-13H2,1-5H3/t16-,17-,18-,19+/m0/s1. The van der Waals surface area contributed by atoms with Crippen LogP contribution < -0.4 is 0 Å². The summed E-state index contributed by atoms with van der Waals surface area (Å²) >= 11 is 0. The molecule has 0 N–H and O–H groups in total. The van der Waals surface area contributed by atoms with Gasteiger partial charge < -0.3 is 18.9 Å². The van der Waals surface area contributed by atoms with Crippen molar-refractivity contribution in [3.63, 3.8) is 0 Å². The lowest BCUT2D eigenvalue weighted by Gasteiger charge is -2.37. The summed E-state index contributed by atoms with van der Waals surface area (Å²) in [6.45, 7) is 11.0. The molecular formula is C21H31NO5. The number of hydrogen-bond donors (Lipinski definition) is 0. The maximum atomic E-state index is 12.8. The smallest absolute Gasteiger partial charge is 0.410 e. The predicted molar refractivity (Wildman–Crippen MR) is 101 cm³/mol. The van der Waals surface area contributed by atoms with E-state index in [0.717, 1.165) is 5.56 Å². The van der Waals surface area contributed by atoms with Crippen molar-refractivity contribution in [1.29, 1.82) is 0 Å². The van der Waals surface area contributed by atoms with Gasteiger partial charge in [0.05, 0.1) is 37.9 Å². The van der Waals surface area contributed by atoms with E-state index >= 15 is 0 Å². The normalized spacial score (nSPS) is 27.6. The number of fused-ring (bicyclic) bond motifs is 1. The molecule has 0 aliphatic carbocycles. The first kappa shape index (κ1) is 20.1. The van der Waals surface area contributed by atoms with Gasteiger partial charge in [0.15, 0.2) is 6.29 Å². The molecule has 4 atom stereocenters. The first-order valence-electron chi connectivity index (χ1n) is 9.66. The number of benzene rings is 1. The van der Waals surface area contributed by atoms with Gasteiger partial charge in [0, 0.05) is 6.04 Å². The molecule has 27 heavy (non-hydrogen) atoms. The van der Waals surface area contributed by atoms with Crippen molar-refractivity contribution in [2.45, 2.75) is 71.3 Å². The molecule has 1 aromatic rings. The van der Waals surface area contributed by atoms with Gasteiger partial charge in [-0.2, -0.15) is 0 Å². The molecule has 6 nitrogen and oxygen atoms in total. The molecule has 3 rings (SSSR count). The minimum Gasteiger partial charge on any atom is -0.444 e. The van der Waals surface area contributed by atoms with Crippen LogP contribution in [0.3, 0.4) is 0 Å². The molecule has 2 aliphatic rings. The lowest BCUT2D eigenvalue weighted by Crippen LogP contribution is -2.52. The van der Waals surface area contributed by atoms with Crippen LogP contribution in [0, 0.1) is 5.92 Å². The Morgan fingerprint density at radius 3 is 2.48 bits per heavy atom. The van der Waals surface area contributed by atoms with E-state index < -0.39 is 5.60 Å². The fourth-order valence-electron chi connectivity index (χ4n) is 3.73. The van der Waals surface area contributed by atoms with E-state index in [1.165, 1.54) is 0 Å². The van der Waals surface area contributed by atoms with Crippen LogP contribution in [0.15, 0.2) is 30.3 Å². The van der Waals surface area contributed by atoms with Crippen molar-refractivity contribution in [1.82, 2.24) is 4.90 Å². The molecular weight excluding hydrogens is 346 g/mol. The highest BCUT2D eigenvalue weighted by Gasteiger charge is 2.52. The molecule has 1 amide bonds. The summed E-state index contributed by atoms with van der Waals surface area (Å²) < 4.78 is 23.4. The van der Waals surface area contributed by atoms with Gasteiger partial charge in [-0.25, -0.2) is 4.79 Å². The number of ether oxygens (including phenoxy) is 4. The molecule has 0 aromatic heterocycles. The SMILES string of the molecule is CC(C)N(C(=O)OC(C)(C)C)[C@H]1CO[C@@H]2OC[C@H](OCc3ccccc3)[C@@H]21. The van der Waals surface area contributed by atoms with Gasteiger partial charge in [-0.15, -0.1) is 0 Å². The zero-order valence-corrected chi connectivity index (χ0v) is 16.9. The molecule has 2 fully saturated rings. The van der Waals surface area contributed by atoms with Crippen molar-refractivity contribution in [3.8, 4) is 0 Å². The highest BCUT2D eigenvalue weighted by molar-refractivity contribution is 5.69. The first-order valence-corrected chi connectivity index (χ1v) is 9.66. The third-order valence-electron chi connectivity index (χ3n) is 4.87. The molecule has 0 unspecified atom stereocenters. The fourth-order valence-corrected chi connectivity index (χ4v) is 3.73. The third kappa shape index (κ3) is 4.81. The predicted octanol–water partition coefficient (Wildman–Crippen LogP) is 3.59. The molecule has 0 radical (unpaired) electrons. The number of carbonyl (C=O) groups is 1. The Labute approximate surface area is 161 Å². The molecule has 2 saturated heterocycles. The number of amides is 1. The molecule has 150 valence electrons. The largest absolute Gasteiger partial charge is 0.444 e. The van der Waals surface area contributed by atoms with Crippen LogP contribution in [0.5, 0.6) is 0 Å². The van der Waals surface area contributed by atoms with Crippen molar-refractivity contribution >= 4 is 6.09 Å². The number of hydrogen-bond acceptors (Lipinski definition) is 5. The van der Waals surface area contributed by atoms with Crippen molar-refractivity contribution in [3.05, 3.63) is 35.9 Å². The van der Waals surface area contributed by atoms with Gasteiger partial charge in [0.2, 0.25) is 0 Å². The third-order valence-corrected chi connectivity index (χ3v) is 4.87. The zero-order chi connectivity index (χ0) is 19.6. The minimum atomic E-state index is -0.543. The summed E-state index contributed by atoms with van der Waals surface area (Å²) in [6.07, 6.45) is -0.772. The monoisotopic (exact) mass is 377 g/mol. The Morgan fingerprint density at radius 2 is 1.85 bits per heavy atom. The van der Waals surface area contributed by atoms with E-state index in [4.69, 9.17) is 18.9 Å². The van der Waals surface area contributed by atoms with Crippen LogP contribution in [-0.2, 0) is 25.6 Å². The van der Waals surface area contributed by atoms with Crippen molar-refractivity contribution < 1.29 is 23.7 Å². The van der Waals surface area contributed by atoms with Gasteiger partial charge in [0.1, 0.15) is 5.60 Å². The Hall–Kier alpha value is -1.63. The summed E-state index contributed by atoms with van der Waals surface area (Å²) in [7, 11) is 0. The molecule has 2 heterocycles. The van der Waals surface area contributed by atoms with E-state index in [1.807, 2.05) is 65.0 Å². The maximum absolute atomic E-state index is 12.8. The molecule has 2 aliphatic heterocycles. The average molecular weight is 377 g/mol. The Balaban J connectivity index is 1.71. The van der Waals surface area contributed by atoms with Crippen molar-refractivity contribution in [2.75, 3.05) is 13.2 Å². The van der Waals surface area contributed by atoms with Gasteiger partial charge in [-0.05, 0) is 40.2 Å². The summed E-state index contributed by atoms with van der Waals surface area (Å²) in [5.41, 5.74) is 0.572. The van der Waals surface area contributed by atoms with E-state index in [9.17, 15) is 4.79 Å². The summed E-state index contributed by atoms with van der Waals surface area (Å²) in [6, 6.07) is 9.92. The second-order valence-corrected chi connectivity index (χ2v) is 8.50. The highest BCUT2D eigenvalue weighted by Crippen LogP contribution is 2.37. The quantitative estimate of drug-likeness (QED) is 0.785. The van der Waals surface area contributed by atoms with E-state index in [2.05, 4.69) is 0 Å². The van der Waals surface area contributed by atoms with Crippen LogP contribution in [0.1, 0.15) is 40.2 Å². The number of nitrogens with zero attached hydrogens (tertiary/aromatic N) is 1. The fraction of sp³-hybridized carbons (Fsp3) is 0.667. The maximum Gasteiger partial charge on any atom is 0.410 e. The topological polar surface area (TPSA) is 57.2 Å². The zero-order valence-electron chi connectivity index (χ0n) is 16.9. The second-order valence-electron chi connectivity index (χ2n) is 8.50. The lowest BCUT2D eigenvalue weighted by molar-refractivity contribution is -0.0914. The molecule has 0 saturated carbocycles. The van der Waals surface area contributed by atoms with Crippen LogP contribution in [0.2, 0.25) is 0 Å². The highest BCUT2D eigenvalue weighted by atomic mass is 16.7. The van der Waals surface area contributed by atoms with Gasteiger partial charge in [-0.1, -0.05) is 30.3 Å². The van der Waals surface area contributed by atoms with E-state index in [0.29, 0.717) is 19.8 Å². The van der Waals surface area contributed by atoms with Crippen LogP contribution in [-0.4, -0.2) is 54.3 Å². The average Bonchev–Trinajstić information content (AvgIpc) is 3.15. The lowest BCUT2D eigenvalue weighted by atomic mass is 9.95. The van der Waals surface area contributed by atoms with E-state index in [1.54, 1.807) is 4.90 Å². The number of carbonyl (C=O) groups excluding carboxylic acids is 1. The van der Waals surface area contributed by atoms with Crippen LogP contribution in [0.4, 0.5) is 4.79 Å².